The number of phenolic OH excluding ortho intramolecular Hbond substituents is 3. The van der Waals surface area contributed by atoms with Crippen molar-refractivity contribution in [1.82, 2.24) is 0 Å². The molecule has 13 nitrogen and oxygen atoms in total. The predicted molar refractivity (Wildman–Crippen MR) is 116 cm³/mol. The second-order valence-electron chi connectivity index (χ2n) is 7.76. The summed E-state index contributed by atoms with van der Waals surface area (Å²) in [6, 6.07) is 4.40. The average Bonchev–Trinajstić information content (AvgIpc) is 2.83. The van der Waals surface area contributed by atoms with Gasteiger partial charge in [-0.05, 0) is 18.2 Å². The molecule has 1 fully saturated rings. The van der Waals surface area contributed by atoms with E-state index in [1.54, 1.807) is 0 Å². The molecule has 188 valence electrons. The first-order valence-electron chi connectivity index (χ1n) is 10.2. The quantitative estimate of drug-likeness (QED) is 0.209. The fourth-order valence-corrected chi connectivity index (χ4v) is 3.73. The van der Waals surface area contributed by atoms with E-state index in [-0.39, 0.29) is 11.1 Å². The van der Waals surface area contributed by atoms with Gasteiger partial charge in [0.2, 0.25) is 23.2 Å². The van der Waals surface area contributed by atoms with Gasteiger partial charge in [0.05, 0.1) is 13.7 Å². The van der Waals surface area contributed by atoms with Crippen molar-refractivity contribution in [2.45, 2.75) is 30.7 Å². The third-order valence-corrected chi connectivity index (χ3v) is 5.57. The second-order valence-corrected chi connectivity index (χ2v) is 7.76. The first-order chi connectivity index (χ1) is 16.6. The van der Waals surface area contributed by atoms with Crippen molar-refractivity contribution in [3.05, 3.63) is 34.5 Å². The zero-order valence-corrected chi connectivity index (χ0v) is 18.0. The lowest BCUT2D eigenvalue weighted by Crippen LogP contribution is -2.60. The summed E-state index contributed by atoms with van der Waals surface area (Å²) in [5.74, 6) is -3.84. The Bertz CT molecular complexity index is 1320. The van der Waals surface area contributed by atoms with Gasteiger partial charge in [0.15, 0.2) is 28.8 Å². The highest BCUT2D eigenvalue weighted by atomic mass is 16.7. The van der Waals surface area contributed by atoms with Gasteiger partial charge in [0.1, 0.15) is 35.4 Å². The molecule has 2 heterocycles. The van der Waals surface area contributed by atoms with E-state index in [2.05, 4.69) is 0 Å². The van der Waals surface area contributed by atoms with Crippen LogP contribution < -0.4 is 14.9 Å². The van der Waals surface area contributed by atoms with Crippen LogP contribution in [-0.2, 0) is 4.74 Å². The van der Waals surface area contributed by atoms with Gasteiger partial charge in [0, 0.05) is 11.6 Å². The number of aromatic hydroxyl groups is 4. The number of phenols is 3. The van der Waals surface area contributed by atoms with Crippen LogP contribution in [0.5, 0.6) is 34.5 Å². The molecule has 13 heteroatoms. The summed E-state index contributed by atoms with van der Waals surface area (Å²) in [4.78, 5) is 13.2. The van der Waals surface area contributed by atoms with Gasteiger partial charge in [-0.15, -0.1) is 0 Å². The maximum Gasteiger partial charge on any atom is 0.238 e. The van der Waals surface area contributed by atoms with Crippen molar-refractivity contribution < 1.29 is 59.5 Å². The van der Waals surface area contributed by atoms with E-state index < -0.39 is 88.4 Å². The molecule has 0 unspecified atom stereocenters. The molecule has 1 saturated heterocycles. The number of fused-ring (bicyclic) bond motifs is 1. The Morgan fingerprint density at radius 1 is 0.914 bits per heavy atom. The molecule has 35 heavy (non-hydrogen) atoms. The van der Waals surface area contributed by atoms with E-state index >= 15 is 0 Å². The fraction of sp³-hybridized carbons (Fsp3) is 0.318. The van der Waals surface area contributed by atoms with Gasteiger partial charge in [-0.2, -0.15) is 0 Å². The van der Waals surface area contributed by atoms with Gasteiger partial charge in [-0.1, -0.05) is 0 Å². The predicted octanol–water partition coefficient (Wildman–Crippen LogP) is -0.530. The Hall–Kier alpha value is -3.75. The van der Waals surface area contributed by atoms with E-state index in [0.717, 1.165) is 25.3 Å². The molecule has 0 saturated carbocycles. The van der Waals surface area contributed by atoms with Crippen LogP contribution >= 0.6 is 0 Å². The molecule has 0 amide bonds. The fourth-order valence-electron chi connectivity index (χ4n) is 3.73. The minimum atomic E-state index is -1.85. The summed E-state index contributed by atoms with van der Waals surface area (Å²) < 4.78 is 21.6. The summed E-state index contributed by atoms with van der Waals surface area (Å²) >= 11 is 0. The van der Waals surface area contributed by atoms with E-state index in [4.69, 9.17) is 18.6 Å². The number of rotatable bonds is 5. The topological polar surface area (TPSA) is 220 Å². The lowest BCUT2D eigenvalue weighted by molar-refractivity contribution is -0.277. The molecule has 5 atom stereocenters. The van der Waals surface area contributed by atoms with Crippen molar-refractivity contribution in [1.29, 1.82) is 0 Å². The van der Waals surface area contributed by atoms with Crippen LogP contribution in [0.1, 0.15) is 0 Å². The molecule has 0 bridgehead atoms. The van der Waals surface area contributed by atoms with Gasteiger partial charge in [-0.25, -0.2) is 0 Å². The smallest absolute Gasteiger partial charge is 0.238 e. The number of aliphatic hydroxyl groups is 4. The van der Waals surface area contributed by atoms with E-state index in [1.165, 1.54) is 6.07 Å². The molecule has 3 aromatic rings. The lowest BCUT2D eigenvalue weighted by Gasteiger charge is -2.39. The van der Waals surface area contributed by atoms with Crippen LogP contribution in [0.25, 0.3) is 22.3 Å². The average molecular weight is 494 g/mol. The molecule has 0 spiro atoms. The Morgan fingerprint density at radius 3 is 2.26 bits per heavy atom. The molecule has 4 rings (SSSR count). The van der Waals surface area contributed by atoms with Crippen LogP contribution in [0.2, 0.25) is 0 Å². The van der Waals surface area contributed by atoms with Gasteiger partial charge >= 0.3 is 0 Å². The van der Waals surface area contributed by atoms with E-state index in [0.29, 0.717) is 0 Å². The Morgan fingerprint density at radius 2 is 1.63 bits per heavy atom. The zero-order chi connectivity index (χ0) is 25.6. The van der Waals surface area contributed by atoms with Crippen LogP contribution in [0.15, 0.2) is 33.5 Å². The minimum Gasteiger partial charge on any atom is -0.504 e. The molecular formula is C22H22O13. The van der Waals surface area contributed by atoms with Gasteiger partial charge < -0.3 is 59.5 Å². The first-order valence-corrected chi connectivity index (χ1v) is 10.2. The summed E-state index contributed by atoms with van der Waals surface area (Å²) in [6.07, 6.45) is -8.39. The summed E-state index contributed by atoms with van der Waals surface area (Å²) in [5, 5.41) is 79.6. The van der Waals surface area contributed by atoms with Crippen molar-refractivity contribution in [2.75, 3.05) is 13.7 Å². The SMILES string of the molecule is COc1c(O)cc2oc(-c3ccc(O)c(O)c3)c(O)c(=O)c2c1O[C@@H]1O[C@H](CO)[C@@H](O)[C@H](O)[C@H]1O. The largest absolute Gasteiger partial charge is 0.504 e. The maximum absolute atomic E-state index is 13.2. The van der Waals surface area contributed by atoms with Crippen LogP contribution in [-0.4, -0.2) is 85.3 Å². The molecule has 0 aliphatic carbocycles. The third kappa shape index (κ3) is 4.05. The molecule has 1 aliphatic heterocycles. The maximum atomic E-state index is 13.2. The summed E-state index contributed by atoms with van der Waals surface area (Å²) in [5.41, 5.74) is -1.36. The molecule has 0 radical (unpaired) electrons. The van der Waals surface area contributed by atoms with Crippen LogP contribution in [0.3, 0.4) is 0 Å². The van der Waals surface area contributed by atoms with E-state index in [1.807, 2.05) is 0 Å². The zero-order valence-electron chi connectivity index (χ0n) is 18.0. The Balaban J connectivity index is 1.89. The summed E-state index contributed by atoms with van der Waals surface area (Å²) in [6.45, 7) is -0.742. The lowest BCUT2D eigenvalue weighted by atomic mass is 9.99. The monoisotopic (exact) mass is 494 g/mol. The van der Waals surface area contributed by atoms with Gasteiger partial charge in [0.25, 0.3) is 0 Å². The molecular weight excluding hydrogens is 472 g/mol. The standard InChI is InChI=1S/C22H22O13/c1-32-20-10(26)5-11-13(21(20)35-22-18(31)16(29)14(27)12(6-23)34-22)15(28)17(30)19(33-11)7-2-3-8(24)9(25)4-7/h2-5,12,14,16,18,22-27,29-31H,6H2,1H3/t12-,14-,16+,18-,22+/m1/s1. The molecule has 8 N–H and O–H groups in total. The van der Waals surface area contributed by atoms with Crippen molar-refractivity contribution in [3.63, 3.8) is 0 Å². The summed E-state index contributed by atoms with van der Waals surface area (Å²) in [7, 11) is 1.14. The Labute approximate surface area is 195 Å². The third-order valence-electron chi connectivity index (χ3n) is 5.57. The highest BCUT2D eigenvalue weighted by molar-refractivity contribution is 5.91. The number of aliphatic hydroxyl groups excluding tert-OH is 4. The normalized spacial score (nSPS) is 24.4. The van der Waals surface area contributed by atoms with Crippen molar-refractivity contribution >= 4 is 11.0 Å². The number of methoxy groups -OCH3 is 1. The molecule has 1 aliphatic rings. The van der Waals surface area contributed by atoms with Crippen LogP contribution in [0.4, 0.5) is 0 Å². The number of ether oxygens (including phenoxy) is 3. The van der Waals surface area contributed by atoms with Crippen molar-refractivity contribution in [3.8, 4) is 45.8 Å². The number of hydrogen-bond acceptors (Lipinski definition) is 13. The highest BCUT2D eigenvalue weighted by Crippen LogP contribution is 2.45. The second kappa shape index (κ2) is 9.13. The van der Waals surface area contributed by atoms with Gasteiger partial charge in [-0.3, -0.25) is 4.79 Å². The highest BCUT2D eigenvalue weighted by Gasteiger charge is 2.45. The van der Waals surface area contributed by atoms with Crippen LogP contribution in [0, 0.1) is 0 Å². The van der Waals surface area contributed by atoms with E-state index in [9.17, 15) is 45.6 Å². The Kier molecular flexibility index (Phi) is 6.36. The number of hydrogen-bond donors (Lipinski definition) is 8. The molecule has 1 aromatic heterocycles. The first kappa shape index (κ1) is 24.4. The number of benzene rings is 2. The minimum absolute atomic E-state index is 0.0171. The van der Waals surface area contributed by atoms with Crippen molar-refractivity contribution in [2.24, 2.45) is 0 Å². The molecule has 2 aromatic carbocycles.